The van der Waals surface area contributed by atoms with E-state index in [1.54, 1.807) is 18.3 Å². The normalized spacial score (nSPS) is 15.0. The van der Waals surface area contributed by atoms with Crippen LogP contribution in [0, 0.1) is 0 Å². The molecule has 1 aliphatic rings. The number of nitrogens with one attached hydrogen (secondary N) is 2. The predicted octanol–water partition coefficient (Wildman–Crippen LogP) is 3.15. The molecule has 27 heavy (non-hydrogen) atoms. The van der Waals surface area contributed by atoms with Crippen molar-refractivity contribution in [3.8, 4) is 17.1 Å². The van der Waals surface area contributed by atoms with Crippen molar-refractivity contribution in [1.82, 2.24) is 25.4 Å². The molecule has 2 N–H and O–H groups in total. The summed E-state index contributed by atoms with van der Waals surface area (Å²) >= 11 is 0. The number of carbonyl (C=O) groups is 1. The van der Waals surface area contributed by atoms with Crippen molar-refractivity contribution in [3.63, 3.8) is 0 Å². The Labute approximate surface area is 157 Å². The van der Waals surface area contributed by atoms with Crippen molar-refractivity contribution in [3.05, 3.63) is 42.1 Å². The van der Waals surface area contributed by atoms with Gasteiger partial charge in [-0.15, -0.1) is 0 Å². The van der Waals surface area contributed by atoms with Gasteiger partial charge in [0.05, 0.1) is 17.7 Å². The number of hydrogen-bond donors (Lipinski definition) is 2. The number of H-pyrrole nitrogens is 1. The van der Waals surface area contributed by atoms with Crippen LogP contribution in [0.1, 0.15) is 36.5 Å². The lowest BCUT2D eigenvalue weighted by Gasteiger charge is -2.26. The highest BCUT2D eigenvalue weighted by molar-refractivity contribution is 5.95. The smallest absolute Gasteiger partial charge is 0.265 e. The molecule has 2 aromatic heterocycles. The molecule has 1 aromatic carbocycles. The number of fused-ring (bicyclic) bond motifs is 1. The van der Waals surface area contributed by atoms with E-state index < -0.39 is 0 Å². The molecule has 7 heteroatoms. The second-order valence-electron chi connectivity index (χ2n) is 6.59. The van der Waals surface area contributed by atoms with Gasteiger partial charge in [-0.25, -0.2) is 15.0 Å². The van der Waals surface area contributed by atoms with Crippen molar-refractivity contribution in [2.75, 3.05) is 19.7 Å². The van der Waals surface area contributed by atoms with Crippen LogP contribution in [0.5, 0.6) is 5.75 Å². The molecule has 1 amide bonds. The average molecular weight is 365 g/mol. The third-order valence-electron chi connectivity index (χ3n) is 4.67. The Morgan fingerprint density at radius 2 is 2.11 bits per heavy atom. The lowest BCUT2D eigenvalue weighted by atomic mass is 10.1. The van der Waals surface area contributed by atoms with Crippen molar-refractivity contribution < 1.29 is 9.53 Å². The number of aromatic amines is 1. The lowest BCUT2D eigenvalue weighted by Crippen LogP contribution is -2.45. The van der Waals surface area contributed by atoms with Crippen molar-refractivity contribution in [2.24, 2.45) is 0 Å². The van der Waals surface area contributed by atoms with Crippen LogP contribution in [0.3, 0.4) is 0 Å². The molecule has 0 aliphatic carbocycles. The van der Waals surface area contributed by atoms with Crippen LogP contribution in [-0.4, -0.2) is 45.6 Å². The topological polar surface area (TPSA) is 83.1 Å². The fraction of sp³-hybridized carbons (Fsp3) is 0.350. The van der Waals surface area contributed by atoms with Crippen LogP contribution in [0.15, 0.2) is 36.5 Å². The van der Waals surface area contributed by atoms with Gasteiger partial charge >= 0.3 is 0 Å². The number of piperidine rings is 1. The maximum absolute atomic E-state index is 12.6. The summed E-state index contributed by atoms with van der Waals surface area (Å²) in [7, 11) is 0. The maximum Gasteiger partial charge on any atom is 0.265 e. The fourth-order valence-corrected chi connectivity index (χ4v) is 3.32. The molecule has 4 rings (SSSR count). The van der Waals surface area contributed by atoms with Gasteiger partial charge in [-0.3, -0.25) is 10.2 Å². The molecule has 1 fully saturated rings. The minimum Gasteiger partial charge on any atom is -0.493 e. The highest BCUT2D eigenvalue weighted by Gasteiger charge is 2.17. The van der Waals surface area contributed by atoms with Gasteiger partial charge in [-0.05, 0) is 50.1 Å². The Bertz CT molecular complexity index is 913. The first kappa shape index (κ1) is 17.5. The van der Waals surface area contributed by atoms with Crippen LogP contribution in [0.2, 0.25) is 0 Å². The summed E-state index contributed by atoms with van der Waals surface area (Å²) in [5.41, 5.74) is 5.89. The number of hydrazine groups is 1. The molecular weight excluding hydrogens is 342 g/mol. The Kier molecular flexibility index (Phi) is 5.02. The zero-order valence-electron chi connectivity index (χ0n) is 15.4. The summed E-state index contributed by atoms with van der Waals surface area (Å²) in [4.78, 5) is 24.7. The molecule has 3 aromatic rings. The second-order valence-corrected chi connectivity index (χ2v) is 6.59. The van der Waals surface area contributed by atoms with E-state index in [1.165, 1.54) is 6.42 Å². The van der Waals surface area contributed by atoms with Crippen LogP contribution in [0.25, 0.3) is 22.6 Å². The molecular formula is C20H23N5O2. The van der Waals surface area contributed by atoms with E-state index in [9.17, 15) is 4.79 Å². The van der Waals surface area contributed by atoms with E-state index in [2.05, 4.69) is 20.4 Å². The standard InChI is InChI=1S/C20H23N5O2/c1-2-27-17-13-14(20(26)24-25-11-4-3-5-12-25)8-9-15(17)18-22-16-7-6-10-21-19(16)23-18/h6-10,13H,2-5,11-12H2,1H3,(H,24,26)(H,21,22,23). The quantitative estimate of drug-likeness (QED) is 0.726. The first-order chi connectivity index (χ1) is 13.2. The van der Waals surface area contributed by atoms with Gasteiger partial charge in [0.25, 0.3) is 5.91 Å². The number of imidazole rings is 1. The lowest BCUT2D eigenvalue weighted by molar-refractivity contribution is 0.0749. The van der Waals surface area contributed by atoms with Gasteiger partial charge in [0.1, 0.15) is 11.6 Å². The van der Waals surface area contributed by atoms with E-state index in [-0.39, 0.29) is 5.91 Å². The SMILES string of the molecule is CCOc1cc(C(=O)NN2CCCCC2)ccc1-c1nc2ncccc2[nH]1. The highest BCUT2D eigenvalue weighted by Crippen LogP contribution is 2.30. The number of aromatic nitrogens is 3. The number of nitrogens with zero attached hydrogens (tertiary/aromatic N) is 3. The van der Waals surface area contributed by atoms with E-state index in [0.717, 1.165) is 37.0 Å². The Balaban J connectivity index is 1.62. The number of amides is 1. The molecule has 140 valence electrons. The molecule has 0 unspecified atom stereocenters. The molecule has 1 aliphatic heterocycles. The van der Waals surface area contributed by atoms with Gasteiger partial charge < -0.3 is 9.72 Å². The minimum atomic E-state index is -0.115. The summed E-state index contributed by atoms with van der Waals surface area (Å²) in [5, 5.41) is 1.99. The fourth-order valence-electron chi connectivity index (χ4n) is 3.32. The molecule has 0 radical (unpaired) electrons. The highest BCUT2D eigenvalue weighted by atomic mass is 16.5. The molecule has 0 spiro atoms. The first-order valence-electron chi connectivity index (χ1n) is 9.38. The molecule has 0 atom stereocenters. The first-order valence-corrected chi connectivity index (χ1v) is 9.38. The number of hydrogen-bond acceptors (Lipinski definition) is 5. The van der Waals surface area contributed by atoms with Crippen LogP contribution >= 0.6 is 0 Å². The number of ether oxygens (including phenoxy) is 1. The summed E-state index contributed by atoms with van der Waals surface area (Å²) < 4.78 is 5.79. The molecule has 7 nitrogen and oxygen atoms in total. The summed E-state index contributed by atoms with van der Waals surface area (Å²) in [6, 6.07) is 9.24. The zero-order chi connectivity index (χ0) is 18.6. The van der Waals surface area contributed by atoms with Gasteiger partial charge in [-0.1, -0.05) is 6.42 Å². The maximum atomic E-state index is 12.6. The van der Waals surface area contributed by atoms with E-state index in [4.69, 9.17) is 4.74 Å². The van der Waals surface area contributed by atoms with E-state index in [0.29, 0.717) is 29.4 Å². The Hall–Kier alpha value is -2.93. The minimum absolute atomic E-state index is 0.115. The number of benzene rings is 1. The summed E-state index contributed by atoms with van der Waals surface area (Å²) in [6.07, 6.45) is 5.17. The van der Waals surface area contributed by atoms with Crippen LogP contribution in [-0.2, 0) is 0 Å². The second kappa shape index (κ2) is 7.75. The van der Waals surface area contributed by atoms with Crippen molar-refractivity contribution in [2.45, 2.75) is 26.2 Å². The largest absolute Gasteiger partial charge is 0.493 e. The summed E-state index contributed by atoms with van der Waals surface area (Å²) in [6.45, 7) is 4.22. The third-order valence-corrected chi connectivity index (χ3v) is 4.67. The number of rotatable bonds is 5. The molecule has 0 saturated carbocycles. The Morgan fingerprint density at radius 1 is 1.26 bits per heavy atom. The summed E-state index contributed by atoms with van der Waals surface area (Å²) in [5.74, 6) is 1.19. The average Bonchev–Trinajstić information content (AvgIpc) is 3.13. The Morgan fingerprint density at radius 3 is 2.89 bits per heavy atom. The number of pyridine rings is 1. The van der Waals surface area contributed by atoms with Gasteiger partial charge in [0.2, 0.25) is 0 Å². The van der Waals surface area contributed by atoms with E-state index in [1.807, 2.05) is 30.1 Å². The molecule has 1 saturated heterocycles. The number of carbonyl (C=O) groups excluding carboxylic acids is 1. The van der Waals surface area contributed by atoms with Crippen molar-refractivity contribution in [1.29, 1.82) is 0 Å². The zero-order valence-corrected chi connectivity index (χ0v) is 15.4. The third kappa shape index (κ3) is 3.78. The predicted molar refractivity (Wildman–Crippen MR) is 103 cm³/mol. The van der Waals surface area contributed by atoms with Crippen molar-refractivity contribution >= 4 is 17.1 Å². The van der Waals surface area contributed by atoms with Gasteiger partial charge in [0, 0.05) is 24.8 Å². The monoisotopic (exact) mass is 365 g/mol. The van der Waals surface area contributed by atoms with E-state index >= 15 is 0 Å². The van der Waals surface area contributed by atoms with Crippen LogP contribution in [0.4, 0.5) is 0 Å². The van der Waals surface area contributed by atoms with Gasteiger partial charge in [-0.2, -0.15) is 0 Å². The van der Waals surface area contributed by atoms with Crippen LogP contribution < -0.4 is 10.2 Å². The molecule has 3 heterocycles. The molecule has 0 bridgehead atoms. The van der Waals surface area contributed by atoms with Gasteiger partial charge in [0.15, 0.2) is 5.65 Å².